The van der Waals surface area contributed by atoms with Crippen LogP contribution in [0.5, 0.6) is 0 Å². The van der Waals surface area contributed by atoms with Crippen molar-refractivity contribution in [2.75, 3.05) is 6.61 Å². The maximum Gasteiger partial charge on any atom is 0.226 e. The van der Waals surface area contributed by atoms with Gasteiger partial charge in [0.05, 0.1) is 6.07 Å². The van der Waals surface area contributed by atoms with Gasteiger partial charge in [0.1, 0.15) is 5.60 Å². The first-order chi connectivity index (χ1) is 9.80. The van der Waals surface area contributed by atoms with Gasteiger partial charge in [0.15, 0.2) is 0 Å². The molecular formula is C15H23N3O2. The van der Waals surface area contributed by atoms with Crippen LogP contribution in [0.3, 0.4) is 0 Å². The van der Waals surface area contributed by atoms with E-state index in [4.69, 9.17) is 14.5 Å². The minimum Gasteiger partial charge on any atom is -0.367 e. The fourth-order valence-electron chi connectivity index (χ4n) is 2.87. The molecule has 0 aliphatic heterocycles. The monoisotopic (exact) mass is 277 g/mol. The van der Waals surface area contributed by atoms with Gasteiger partial charge in [-0.3, -0.25) is 0 Å². The zero-order valence-electron chi connectivity index (χ0n) is 12.2. The number of aryl methyl sites for hydroxylation is 1. The molecule has 1 saturated carbocycles. The van der Waals surface area contributed by atoms with E-state index in [-0.39, 0.29) is 5.60 Å². The second-order valence-corrected chi connectivity index (χ2v) is 5.36. The van der Waals surface area contributed by atoms with E-state index in [1.54, 1.807) is 0 Å². The van der Waals surface area contributed by atoms with E-state index in [1.165, 1.54) is 12.8 Å². The van der Waals surface area contributed by atoms with Crippen LogP contribution in [0.25, 0.3) is 0 Å². The van der Waals surface area contributed by atoms with Crippen molar-refractivity contribution in [2.24, 2.45) is 0 Å². The van der Waals surface area contributed by atoms with Crippen LogP contribution in [0.2, 0.25) is 0 Å². The highest BCUT2D eigenvalue weighted by Crippen LogP contribution is 2.38. The summed E-state index contributed by atoms with van der Waals surface area (Å²) in [6, 6.07) is 2.13. The SMILES string of the molecule is CCOC1(c2noc(CCCC#N)n2)CCCCCC1. The quantitative estimate of drug-likeness (QED) is 0.587. The number of rotatable bonds is 6. The number of aromatic nitrogens is 2. The van der Waals surface area contributed by atoms with Gasteiger partial charge >= 0.3 is 0 Å². The minimum absolute atomic E-state index is 0.359. The molecule has 1 aromatic rings. The van der Waals surface area contributed by atoms with Crippen molar-refractivity contribution >= 4 is 0 Å². The third-order valence-corrected chi connectivity index (χ3v) is 3.89. The summed E-state index contributed by atoms with van der Waals surface area (Å²) in [4.78, 5) is 4.53. The van der Waals surface area contributed by atoms with E-state index in [9.17, 15) is 0 Å². The molecule has 5 nitrogen and oxygen atoms in total. The zero-order valence-corrected chi connectivity index (χ0v) is 12.2. The number of nitriles is 1. The minimum atomic E-state index is -0.359. The average Bonchev–Trinajstić information content (AvgIpc) is 2.80. The second-order valence-electron chi connectivity index (χ2n) is 5.36. The molecule has 0 radical (unpaired) electrons. The number of hydrogen-bond donors (Lipinski definition) is 0. The highest BCUT2D eigenvalue weighted by molar-refractivity contribution is 5.03. The van der Waals surface area contributed by atoms with E-state index in [2.05, 4.69) is 16.2 Å². The molecule has 0 spiro atoms. The second kappa shape index (κ2) is 7.39. The Morgan fingerprint density at radius 2 is 2.05 bits per heavy atom. The molecule has 0 N–H and O–H groups in total. The largest absolute Gasteiger partial charge is 0.367 e. The summed E-state index contributed by atoms with van der Waals surface area (Å²) in [7, 11) is 0. The molecule has 0 saturated heterocycles. The lowest BCUT2D eigenvalue weighted by Crippen LogP contribution is -2.30. The first-order valence-electron chi connectivity index (χ1n) is 7.65. The Hall–Kier alpha value is -1.41. The van der Waals surface area contributed by atoms with Gasteiger partial charge in [-0.15, -0.1) is 0 Å². The van der Waals surface area contributed by atoms with Crippen molar-refractivity contribution in [1.82, 2.24) is 10.1 Å². The third-order valence-electron chi connectivity index (χ3n) is 3.89. The summed E-state index contributed by atoms with van der Waals surface area (Å²) in [5.41, 5.74) is -0.359. The smallest absolute Gasteiger partial charge is 0.226 e. The summed E-state index contributed by atoms with van der Waals surface area (Å²) >= 11 is 0. The van der Waals surface area contributed by atoms with Crippen LogP contribution < -0.4 is 0 Å². The Bertz CT molecular complexity index is 442. The Morgan fingerprint density at radius 1 is 1.30 bits per heavy atom. The summed E-state index contributed by atoms with van der Waals surface area (Å²) in [6.07, 6.45) is 8.70. The number of nitrogens with zero attached hydrogens (tertiary/aromatic N) is 3. The molecule has 20 heavy (non-hydrogen) atoms. The molecule has 5 heteroatoms. The summed E-state index contributed by atoms with van der Waals surface area (Å²) < 4.78 is 11.4. The van der Waals surface area contributed by atoms with Gasteiger partial charge in [-0.05, 0) is 26.2 Å². The molecule has 0 bridgehead atoms. The van der Waals surface area contributed by atoms with Crippen LogP contribution in [0.4, 0.5) is 0 Å². The highest BCUT2D eigenvalue weighted by atomic mass is 16.5. The van der Waals surface area contributed by atoms with Gasteiger partial charge in [0.2, 0.25) is 11.7 Å². The molecule has 110 valence electrons. The van der Waals surface area contributed by atoms with Crippen LogP contribution in [0, 0.1) is 11.3 Å². The predicted molar refractivity (Wildman–Crippen MR) is 73.9 cm³/mol. The standard InChI is InChI=1S/C15H23N3O2/c1-2-19-15(10-6-3-4-7-11-15)14-17-13(20-18-14)9-5-8-12-16/h2-11H2,1H3. The number of ether oxygens (including phenoxy) is 1. The van der Waals surface area contributed by atoms with E-state index in [0.717, 1.165) is 32.1 Å². The zero-order chi connectivity index (χ0) is 14.3. The Kier molecular flexibility index (Phi) is 5.54. The summed E-state index contributed by atoms with van der Waals surface area (Å²) in [5.74, 6) is 1.33. The first kappa shape index (κ1) is 15.0. The van der Waals surface area contributed by atoms with Crippen LogP contribution in [-0.2, 0) is 16.8 Å². The van der Waals surface area contributed by atoms with Crippen molar-refractivity contribution in [3.05, 3.63) is 11.7 Å². The molecule has 0 atom stereocenters. The average molecular weight is 277 g/mol. The molecule has 1 fully saturated rings. The maximum atomic E-state index is 8.56. The summed E-state index contributed by atoms with van der Waals surface area (Å²) in [6.45, 7) is 2.68. The predicted octanol–water partition coefficient (Wildman–Crippen LogP) is 3.50. The maximum absolute atomic E-state index is 8.56. The van der Waals surface area contributed by atoms with Crippen molar-refractivity contribution in [2.45, 2.75) is 70.3 Å². The first-order valence-corrected chi connectivity index (χ1v) is 7.65. The normalized spacial score (nSPS) is 18.4. The van der Waals surface area contributed by atoms with Crippen LogP contribution in [-0.4, -0.2) is 16.7 Å². The van der Waals surface area contributed by atoms with E-state index in [1.807, 2.05) is 6.92 Å². The lowest BCUT2D eigenvalue weighted by atomic mass is 9.93. The van der Waals surface area contributed by atoms with Gasteiger partial charge in [-0.25, -0.2) is 0 Å². The van der Waals surface area contributed by atoms with E-state index >= 15 is 0 Å². The van der Waals surface area contributed by atoms with Crippen molar-refractivity contribution in [1.29, 1.82) is 5.26 Å². The molecule has 0 unspecified atom stereocenters. The van der Waals surface area contributed by atoms with Crippen LogP contribution in [0.1, 0.15) is 70.0 Å². The molecule has 1 aromatic heterocycles. The molecule has 0 aromatic carbocycles. The Labute approximate surface area is 120 Å². The van der Waals surface area contributed by atoms with Crippen molar-refractivity contribution in [3.63, 3.8) is 0 Å². The van der Waals surface area contributed by atoms with Gasteiger partial charge in [0, 0.05) is 19.4 Å². The molecular weight excluding hydrogens is 254 g/mol. The fraction of sp³-hybridized carbons (Fsp3) is 0.800. The Balaban J connectivity index is 2.10. The van der Waals surface area contributed by atoms with Gasteiger partial charge in [0.25, 0.3) is 0 Å². The van der Waals surface area contributed by atoms with Crippen molar-refractivity contribution < 1.29 is 9.26 Å². The van der Waals surface area contributed by atoms with E-state index < -0.39 is 0 Å². The highest BCUT2D eigenvalue weighted by Gasteiger charge is 2.38. The van der Waals surface area contributed by atoms with Crippen LogP contribution in [0.15, 0.2) is 4.52 Å². The molecule has 1 heterocycles. The summed E-state index contributed by atoms with van der Waals surface area (Å²) in [5, 5.41) is 12.7. The van der Waals surface area contributed by atoms with Gasteiger partial charge < -0.3 is 9.26 Å². The lowest BCUT2D eigenvalue weighted by molar-refractivity contribution is -0.0636. The van der Waals surface area contributed by atoms with Crippen molar-refractivity contribution in [3.8, 4) is 6.07 Å². The lowest BCUT2D eigenvalue weighted by Gasteiger charge is -2.29. The number of unbranched alkanes of at least 4 members (excludes halogenated alkanes) is 1. The molecule has 2 rings (SSSR count). The number of hydrogen-bond acceptors (Lipinski definition) is 5. The Morgan fingerprint density at radius 3 is 2.70 bits per heavy atom. The molecule has 0 amide bonds. The topological polar surface area (TPSA) is 71.9 Å². The van der Waals surface area contributed by atoms with Gasteiger partial charge in [-0.2, -0.15) is 10.2 Å². The molecule has 1 aliphatic carbocycles. The molecule has 1 aliphatic rings. The third kappa shape index (κ3) is 3.57. The fourth-order valence-corrected chi connectivity index (χ4v) is 2.87. The van der Waals surface area contributed by atoms with E-state index in [0.29, 0.717) is 31.2 Å². The van der Waals surface area contributed by atoms with Crippen LogP contribution >= 0.6 is 0 Å². The van der Waals surface area contributed by atoms with Gasteiger partial charge in [-0.1, -0.05) is 30.8 Å².